The number of hydrogen-bond acceptors (Lipinski definition) is 2. The molecule has 0 amide bonds. The smallest absolute Gasteiger partial charge is 0.133 e. The summed E-state index contributed by atoms with van der Waals surface area (Å²) in [5, 5.41) is 0.769. The van der Waals surface area contributed by atoms with E-state index in [1.54, 1.807) is 0 Å². The van der Waals surface area contributed by atoms with Gasteiger partial charge in [-0.2, -0.15) is 0 Å². The zero-order valence-corrected chi connectivity index (χ0v) is 15.8. The normalized spacial score (nSPS) is 14.5. The Labute approximate surface area is 160 Å². The second-order valence-corrected chi connectivity index (χ2v) is 6.86. The van der Waals surface area contributed by atoms with Gasteiger partial charge in [0.25, 0.3) is 0 Å². The highest BCUT2D eigenvalue weighted by Crippen LogP contribution is 2.54. The topological polar surface area (TPSA) is 12.5 Å². The van der Waals surface area contributed by atoms with E-state index in [9.17, 15) is 0 Å². The van der Waals surface area contributed by atoms with Crippen molar-refractivity contribution in [2.24, 2.45) is 0 Å². The van der Waals surface area contributed by atoms with Gasteiger partial charge in [-0.15, -0.1) is 0 Å². The number of rotatable bonds is 4. The van der Waals surface area contributed by atoms with Crippen LogP contribution < -0.4 is 4.74 Å². The van der Waals surface area contributed by atoms with E-state index < -0.39 is 5.54 Å². The number of ether oxygens (including phenoxy) is 1. The molecular weight excluding hydrogens is 342 g/mol. The Hall–Kier alpha value is -2.29. The van der Waals surface area contributed by atoms with Gasteiger partial charge in [-0.3, -0.25) is 4.90 Å². The highest BCUT2D eigenvalue weighted by Gasteiger charge is 2.48. The Balaban J connectivity index is 2.17. The molecule has 0 atom stereocenters. The molecule has 26 heavy (non-hydrogen) atoms. The Bertz CT molecular complexity index is 869. The van der Waals surface area contributed by atoms with Gasteiger partial charge in [0.2, 0.25) is 0 Å². The third-order valence-electron chi connectivity index (χ3n) is 5.28. The standard InChI is InChI=1S/C23H22ClNO/c1-3-25(4-2)23(17-11-5-8-14-20(17)24)18-12-6-9-15-21(18)26-22-16-10-7-13-19(22)23/h5-16H,3-4H2,1-2H3. The van der Waals surface area contributed by atoms with Gasteiger partial charge in [0.1, 0.15) is 17.0 Å². The summed E-state index contributed by atoms with van der Waals surface area (Å²) in [5.41, 5.74) is 2.88. The lowest BCUT2D eigenvalue weighted by atomic mass is 9.73. The molecule has 0 fully saturated rings. The van der Waals surface area contributed by atoms with E-state index in [1.807, 2.05) is 36.4 Å². The van der Waals surface area contributed by atoms with Crippen LogP contribution in [0.3, 0.4) is 0 Å². The summed E-state index contributed by atoms with van der Waals surface area (Å²) < 4.78 is 6.26. The molecule has 0 bridgehead atoms. The summed E-state index contributed by atoms with van der Waals surface area (Å²) in [5.74, 6) is 1.77. The molecule has 0 saturated carbocycles. The van der Waals surface area contributed by atoms with Crippen LogP contribution in [0.1, 0.15) is 30.5 Å². The number of hydrogen-bond donors (Lipinski definition) is 0. The number of para-hydroxylation sites is 2. The lowest BCUT2D eigenvalue weighted by Gasteiger charge is -2.48. The molecule has 1 heterocycles. The van der Waals surface area contributed by atoms with Crippen molar-refractivity contribution in [1.82, 2.24) is 4.90 Å². The van der Waals surface area contributed by atoms with E-state index in [0.717, 1.165) is 46.3 Å². The second kappa shape index (κ2) is 6.79. The van der Waals surface area contributed by atoms with Crippen molar-refractivity contribution in [2.45, 2.75) is 19.4 Å². The van der Waals surface area contributed by atoms with Crippen LogP contribution in [0.15, 0.2) is 72.8 Å². The van der Waals surface area contributed by atoms with Crippen LogP contribution >= 0.6 is 11.6 Å². The summed E-state index contributed by atoms with van der Waals surface area (Å²) in [4.78, 5) is 2.47. The second-order valence-electron chi connectivity index (χ2n) is 6.46. The molecule has 0 aromatic heterocycles. The number of nitrogens with zero attached hydrogens (tertiary/aromatic N) is 1. The third-order valence-corrected chi connectivity index (χ3v) is 5.60. The minimum Gasteiger partial charge on any atom is -0.457 e. The minimum atomic E-state index is -0.479. The van der Waals surface area contributed by atoms with Gasteiger partial charge in [-0.25, -0.2) is 0 Å². The van der Waals surface area contributed by atoms with Crippen LogP contribution in [0.5, 0.6) is 11.5 Å². The van der Waals surface area contributed by atoms with Gasteiger partial charge in [0.05, 0.1) is 0 Å². The van der Waals surface area contributed by atoms with Crippen LogP contribution in [0.4, 0.5) is 0 Å². The summed E-state index contributed by atoms with van der Waals surface area (Å²) in [6.45, 7) is 6.18. The Kier molecular flexibility index (Phi) is 4.47. The van der Waals surface area contributed by atoms with Crippen LogP contribution in [0.25, 0.3) is 0 Å². The molecule has 132 valence electrons. The molecule has 0 radical (unpaired) electrons. The first-order chi connectivity index (χ1) is 12.7. The maximum Gasteiger partial charge on any atom is 0.133 e. The van der Waals surface area contributed by atoms with Crippen molar-refractivity contribution in [1.29, 1.82) is 0 Å². The maximum absolute atomic E-state index is 6.77. The van der Waals surface area contributed by atoms with E-state index in [0.29, 0.717) is 0 Å². The first-order valence-corrected chi connectivity index (χ1v) is 9.48. The molecule has 2 nitrogen and oxygen atoms in total. The Morgan fingerprint density at radius 1 is 0.731 bits per heavy atom. The van der Waals surface area contributed by atoms with Crippen molar-refractivity contribution < 1.29 is 4.74 Å². The fraction of sp³-hybridized carbons (Fsp3) is 0.217. The SMILES string of the molecule is CCN(CC)C1(c2ccccc2Cl)c2ccccc2Oc2ccccc21. The average molecular weight is 364 g/mol. The third kappa shape index (κ3) is 2.37. The van der Waals surface area contributed by atoms with E-state index in [2.05, 4.69) is 55.1 Å². The summed E-state index contributed by atoms with van der Waals surface area (Å²) in [7, 11) is 0. The molecule has 1 aliphatic rings. The van der Waals surface area contributed by atoms with Crippen molar-refractivity contribution in [3.05, 3.63) is 94.5 Å². The van der Waals surface area contributed by atoms with E-state index >= 15 is 0 Å². The van der Waals surface area contributed by atoms with Gasteiger partial charge in [0, 0.05) is 21.7 Å². The van der Waals surface area contributed by atoms with Gasteiger partial charge in [-0.1, -0.05) is 80.0 Å². The van der Waals surface area contributed by atoms with Crippen molar-refractivity contribution in [3.8, 4) is 11.5 Å². The van der Waals surface area contributed by atoms with Crippen molar-refractivity contribution in [2.75, 3.05) is 13.1 Å². The van der Waals surface area contributed by atoms with E-state index in [1.165, 1.54) is 0 Å². The van der Waals surface area contributed by atoms with Crippen molar-refractivity contribution in [3.63, 3.8) is 0 Å². The van der Waals surface area contributed by atoms with Crippen LogP contribution in [0, 0.1) is 0 Å². The zero-order valence-electron chi connectivity index (χ0n) is 15.1. The fourth-order valence-electron chi connectivity index (χ4n) is 4.23. The highest BCUT2D eigenvalue weighted by atomic mass is 35.5. The van der Waals surface area contributed by atoms with Crippen LogP contribution in [0.2, 0.25) is 5.02 Å². The lowest BCUT2D eigenvalue weighted by Crippen LogP contribution is -2.49. The predicted octanol–water partition coefficient (Wildman–Crippen LogP) is 6.08. The fourth-order valence-corrected chi connectivity index (χ4v) is 4.50. The Morgan fingerprint density at radius 3 is 1.69 bits per heavy atom. The summed E-state index contributed by atoms with van der Waals surface area (Å²) in [6, 6.07) is 24.8. The highest BCUT2D eigenvalue weighted by molar-refractivity contribution is 6.31. The molecule has 4 rings (SSSR count). The predicted molar refractivity (Wildman–Crippen MR) is 107 cm³/mol. The molecule has 3 heteroatoms. The van der Waals surface area contributed by atoms with Gasteiger partial charge >= 0.3 is 0 Å². The molecule has 3 aromatic carbocycles. The molecule has 0 spiro atoms. The van der Waals surface area contributed by atoms with Gasteiger partial charge in [0.15, 0.2) is 0 Å². The maximum atomic E-state index is 6.77. The van der Waals surface area contributed by atoms with Crippen LogP contribution in [-0.4, -0.2) is 18.0 Å². The van der Waals surface area contributed by atoms with E-state index in [4.69, 9.17) is 16.3 Å². The molecule has 1 aliphatic heterocycles. The average Bonchev–Trinajstić information content (AvgIpc) is 2.68. The quantitative estimate of drug-likeness (QED) is 0.557. The lowest BCUT2D eigenvalue weighted by molar-refractivity contribution is 0.162. The van der Waals surface area contributed by atoms with Gasteiger partial charge < -0.3 is 4.74 Å². The molecule has 0 unspecified atom stereocenters. The molecule has 0 saturated heterocycles. The first kappa shape index (κ1) is 17.1. The Morgan fingerprint density at radius 2 is 1.19 bits per heavy atom. The van der Waals surface area contributed by atoms with Crippen molar-refractivity contribution >= 4 is 11.6 Å². The number of benzene rings is 3. The molecule has 0 aliphatic carbocycles. The molecule has 3 aromatic rings. The summed E-state index contributed by atoms with van der Waals surface area (Å²) in [6.07, 6.45) is 0. The van der Waals surface area contributed by atoms with E-state index in [-0.39, 0.29) is 0 Å². The molecule has 0 N–H and O–H groups in total. The number of halogens is 1. The monoisotopic (exact) mass is 363 g/mol. The largest absolute Gasteiger partial charge is 0.457 e. The zero-order chi connectivity index (χ0) is 18.1. The molecular formula is C23H22ClNO. The number of fused-ring (bicyclic) bond motifs is 2. The summed E-state index contributed by atoms with van der Waals surface area (Å²) >= 11 is 6.77. The minimum absolute atomic E-state index is 0.479. The first-order valence-electron chi connectivity index (χ1n) is 9.10. The van der Waals surface area contributed by atoms with Crippen LogP contribution in [-0.2, 0) is 5.54 Å². The van der Waals surface area contributed by atoms with Gasteiger partial charge in [-0.05, 0) is 31.3 Å².